The maximum Gasteiger partial charge on any atom is 0.345 e. The molecule has 1 amide bonds. The molecular formula is C6H6F2N2O2S. The third kappa shape index (κ3) is 3.90. The Morgan fingerprint density at radius 3 is 3.08 bits per heavy atom. The lowest BCUT2D eigenvalue weighted by molar-refractivity contribution is -0.148. The maximum atomic E-state index is 11.5. The maximum absolute atomic E-state index is 11.5. The summed E-state index contributed by atoms with van der Waals surface area (Å²) in [5.41, 5.74) is 0. The molecule has 72 valence electrons. The van der Waals surface area contributed by atoms with E-state index in [0.717, 1.165) is 0 Å². The second-order valence-corrected chi connectivity index (χ2v) is 2.85. The molecule has 0 radical (unpaired) electrons. The van der Waals surface area contributed by atoms with Gasteiger partial charge in [0.15, 0.2) is 5.13 Å². The molecule has 0 saturated carbocycles. The predicted molar refractivity (Wildman–Crippen MR) is 42.7 cm³/mol. The second kappa shape index (κ2) is 4.83. The monoisotopic (exact) mass is 208 g/mol. The lowest BCUT2D eigenvalue weighted by Crippen LogP contribution is -2.19. The number of hydrogen-bond acceptors (Lipinski definition) is 4. The molecule has 0 aromatic carbocycles. The van der Waals surface area contributed by atoms with Crippen LogP contribution in [-0.4, -0.2) is 24.1 Å². The molecule has 4 nitrogen and oxygen atoms in total. The summed E-state index contributed by atoms with van der Waals surface area (Å²) < 4.78 is 26.7. The highest BCUT2D eigenvalue weighted by Gasteiger charge is 2.08. The Morgan fingerprint density at radius 2 is 2.54 bits per heavy atom. The van der Waals surface area contributed by atoms with Crippen molar-refractivity contribution in [2.24, 2.45) is 0 Å². The number of hydrogen-bond donors (Lipinski definition) is 1. The smallest absolute Gasteiger partial charge is 0.313 e. The fraction of sp³-hybridized carbons (Fsp3) is 0.333. The fourth-order valence-electron chi connectivity index (χ4n) is 0.579. The highest BCUT2D eigenvalue weighted by atomic mass is 32.1. The van der Waals surface area contributed by atoms with Gasteiger partial charge in [-0.1, -0.05) is 0 Å². The predicted octanol–water partition coefficient (Wildman–Crippen LogP) is 1.32. The van der Waals surface area contributed by atoms with Crippen molar-refractivity contribution in [2.75, 3.05) is 11.9 Å². The summed E-state index contributed by atoms with van der Waals surface area (Å²) in [6, 6.07) is 0. The van der Waals surface area contributed by atoms with Gasteiger partial charge in [0.2, 0.25) is 0 Å². The number of thiazole rings is 1. The van der Waals surface area contributed by atoms with Crippen LogP contribution < -0.4 is 5.32 Å². The molecule has 1 rings (SSSR count). The zero-order chi connectivity index (χ0) is 9.68. The molecule has 7 heteroatoms. The van der Waals surface area contributed by atoms with Crippen LogP contribution in [0.15, 0.2) is 11.6 Å². The quantitative estimate of drug-likeness (QED) is 0.811. The third-order valence-electron chi connectivity index (χ3n) is 1.02. The summed E-state index contributed by atoms with van der Waals surface area (Å²) in [5, 5.41) is 4.31. The van der Waals surface area contributed by atoms with E-state index in [-0.39, 0.29) is 0 Å². The minimum Gasteiger partial charge on any atom is -0.313 e. The van der Waals surface area contributed by atoms with Gasteiger partial charge in [-0.05, 0) is 0 Å². The van der Waals surface area contributed by atoms with Crippen LogP contribution >= 0.6 is 11.3 Å². The molecule has 13 heavy (non-hydrogen) atoms. The van der Waals surface area contributed by atoms with Crippen LogP contribution in [0.5, 0.6) is 0 Å². The molecule has 0 aliphatic carbocycles. The van der Waals surface area contributed by atoms with Gasteiger partial charge in [0.25, 0.3) is 5.91 Å². The van der Waals surface area contributed by atoms with Gasteiger partial charge in [-0.2, -0.15) is 8.78 Å². The Bertz CT molecular complexity index is 266. The molecule has 0 bridgehead atoms. The summed E-state index contributed by atoms with van der Waals surface area (Å²) in [5.74, 6) is -0.643. The van der Waals surface area contributed by atoms with Gasteiger partial charge < -0.3 is 4.74 Å². The molecule has 1 N–H and O–H groups in total. The van der Waals surface area contributed by atoms with Crippen molar-refractivity contribution in [3.63, 3.8) is 0 Å². The van der Waals surface area contributed by atoms with Crippen molar-refractivity contribution in [1.82, 2.24) is 4.98 Å². The number of halogens is 2. The van der Waals surface area contributed by atoms with Gasteiger partial charge in [0.05, 0.1) is 0 Å². The van der Waals surface area contributed by atoms with E-state index in [1.165, 1.54) is 17.5 Å². The molecule has 0 spiro atoms. The highest BCUT2D eigenvalue weighted by molar-refractivity contribution is 7.13. The van der Waals surface area contributed by atoms with Crippen molar-refractivity contribution < 1.29 is 18.3 Å². The molecule has 1 aromatic heterocycles. The van der Waals surface area contributed by atoms with E-state index in [4.69, 9.17) is 0 Å². The second-order valence-electron chi connectivity index (χ2n) is 1.96. The Labute approximate surface area is 76.5 Å². The van der Waals surface area contributed by atoms with Gasteiger partial charge in [-0.25, -0.2) is 4.98 Å². The van der Waals surface area contributed by atoms with Gasteiger partial charge in [-0.15, -0.1) is 11.3 Å². The summed E-state index contributed by atoms with van der Waals surface area (Å²) in [4.78, 5) is 14.5. The Hall–Kier alpha value is -1.08. The van der Waals surface area contributed by atoms with Gasteiger partial charge >= 0.3 is 6.61 Å². The zero-order valence-electron chi connectivity index (χ0n) is 6.37. The lowest BCUT2D eigenvalue weighted by atomic mass is 10.6. The average molecular weight is 208 g/mol. The van der Waals surface area contributed by atoms with E-state index in [2.05, 4.69) is 15.0 Å². The first-order chi connectivity index (χ1) is 6.18. The Morgan fingerprint density at radius 1 is 1.77 bits per heavy atom. The van der Waals surface area contributed by atoms with E-state index in [1.54, 1.807) is 5.38 Å². The lowest BCUT2D eigenvalue weighted by Gasteiger charge is -2.01. The summed E-state index contributed by atoms with van der Waals surface area (Å²) in [6.07, 6.45) is 1.49. The molecule has 0 aliphatic rings. The average Bonchev–Trinajstić information content (AvgIpc) is 2.53. The van der Waals surface area contributed by atoms with Crippen LogP contribution in [0.1, 0.15) is 0 Å². The van der Waals surface area contributed by atoms with Gasteiger partial charge in [-0.3, -0.25) is 10.1 Å². The van der Waals surface area contributed by atoms with Gasteiger partial charge in [0, 0.05) is 11.6 Å². The number of nitrogens with one attached hydrogen (secondary N) is 1. The molecule has 0 saturated heterocycles. The molecule has 0 atom stereocenters. The number of rotatable bonds is 4. The number of anilines is 1. The number of nitrogens with zero attached hydrogens (tertiary/aromatic N) is 1. The number of carbonyl (C=O) groups is 1. The molecule has 0 fully saturated rings. The number of amides is 1. The van der Waals surface area contributed by atoms with Crippen molar-refractivity contribution in [3.05, 3.63) is 11.6 Å². The largest absolute Gasteiger partial charge is 0.345 e. The first-order valence-corrected chi connectivity index (χ1v) is 4.15. The van der Waals surface area contributed by atoms with E-state index in [0.29, 0.717) is 5.13 Å². The van der Waals surface area contributed by atoms with Crippen LogP contribution in [-0.2, 0) is 9.53 Å². The number of alkyl halides is 2. The summed E-state index contributed by atoms with van der Waals surface area (Å²) in [7, 11) is 0. The van der Waals surface area contributed by atoms with Crippen molar-refractivity contribution >= 4 is 22.4 Å². The first-order valence-electron chi connectivity index (χ1n) is 3.27. The van der Waals surface area contributed by atoms with E-state index in [1.807, 2.05) is 0 Å². The normalized spacial score (nSPS) is 10.4. The molecule has 0 aliphatic heterocycles. The van der Waals surface area contributed by atoms with E-state index >= 15 is 0 Å². The molecule has 0 unspecified atom stereocenters. The number of carbonyl (C=O) groups excluding carboxylic acids is 1. The van der Waals surface area contributed by atoms with Crippen LogP contribution in [0.25, 0.3) is 0 Å². The minimum atomic E-state index is -2.93. The molecule has 1 heterocycles. The standard InChI is InChI=1S/C6H6F2N2O2S/c7-5(8)12-3-4(11)10-6-9-1-2-13-6/h1-2,5H,3H2,(H,9,10,11). The molecular weight excluding hydrogens is 202 g/mol. The Kier molecular flexibility index (Phi) is 3.71. The van der Waals surface area contributed by atoms with Crippen molar-refractivity contribution in [1.29, 1.82) is 0 Å². The third-order valence-corrected chi connectivity index (χ3v) is 1.71. The van der Waals surface area contributed by atoms with Crippen LogP contribution in [0.2, 0.25) is 0 Å². The topological polar surface area (TPSA) is 51.2 Å². The van der Waals surface area contributed by atoms with Crippen LogP contribution in [0.3, 0.4) is 0 Å². The SMILES string of the molecule is O=C(COC(F)F)Nc1nccs1. The van der Waals surface area contributed by atoms with Crippen LogP contribution in [0, 0.1) is 0 Å². The summed E-state index contributed by atoms with van der Waals surface area (Å²) in [6.45, 7) is -3.60. The fourth-order valence-corrected chi connectivity index (χ4v) is 1.12. The van der Waals surface area contributed by atoms with Crippen LogP contribution in [0.4, 0.5) is 13.9 Å². The number of ether oxygens (including phenoxy) is 1. The minimum absolute atomic E-state index is 0.364. The number of aromatic nitrogens is 1. The summed E-state index contributed by atoms with van der Waals surface area (Å²) >= 11 is 1.20. The van der Waals surface area contributed by atoms with Crippen molar-refractivity contribution in [2.45, 2.75) is 6.61 Å². The van der Waals surface area contributed by atoms with Crippen molar-refractivity contribution in [3.8, 4) is 0 Å². The van der Waals surface area contributed by atoms with E-state index < -0.39 is 19.1 Å². The zero-order valence-corrected chi connectivity index (χ0v) is 7.18. The van der Waals surface area contributed by atoms with E-state index in [9.17, 15) is 13.6 Å². The highest BCUT2D eigenvalue weighted by Crippen LogP contribution is 2.09. The molecule has 1 aromatic rings. The first kappa shape index (κ1) is 10.0. The van der Waals surface area contributed by atoms with Gasteiger partial charge in [0.1, 0.15) is 6.61 Å². The Balaban J connectivity index is 2.26.